The van der Waals surface area contributed by atoms with Crippen LogP contribution in [0.5, 0.6) is 0 Å². The van der Waals surface area contributed by atoms with E-state index in [9.17, 15) is 4.79 Å². The van der Waals surface area contributed by atoms with Crippen molar-refractivity contribution >= 4 is 11.6 Å². The van der Waals surface area contributed by atoms with Crippen molar-refractivity contribution in [1.82, 2.24) is 16.2 Å². The summed E-state index contributed by atoms with van der Waals surface area (Å²) in [5, 5.41) is 3.15. The molecule has 148 valence electrons. The number of nitrogens with zero attached hydrogens (tertiary/aromatic N) is 1. The zero-order chi connectivity index (χ0) is 19.5. The highest BCUT2D eigenvalue weighted by molar-refractivity contribution is 5.83. The summed E-state index contributed by atoms with van der Waals surface area (Å²) in [5.41, 5.74) is 16.0. The number of hydrogen-bond donors (Lipinski definition) is 4. The lowest BCUT2D eigenvalue weighted by Crippen LogP contribution is -2.46. The zero-order valence-corrected chi connectivity index (χ0v) is 16.3. The number of rotatable bonds is 5. The average Bonchev–Trinajstić information content (AvgIpc) is 3.34. The summed E-state index contributed by atoms with van der Waals surface area (Å²) in [5.74, 6) is 0.374. The fourth-order valence-electron chi connectivity index (χ4n) is 4.37. The molecule has 6 nitrogen and oxygen atoms in total. The molecule has 0 radical (unpaired) electrons. The van der Waals surface area contributed by atoms with Crippen LogP contribution in [0.15, 0.2) is 54.6 Å². The van der Waals surface area contributed by atoms with Gasteiger partial charge in [0.05, 0.1) is 6.17 Å². The number of benzene rings is 2. The molecule has 28 heavy (non-hydrogen) atoms. The monoisotopic (exact) mass is 379 g/mol. The molecule has 0 aliphatic carbocycles. The molecule has 0 saturated carbocycles. The van der Waals surface area contributed by atoms with Crippen LogP contribution in [0.25, 0.3) is 0 Å². The average molecular weight is 380 g/mol. The van der Waals surface area contributed by atoms with Crippen molar-refractivity contribution in [2.45, 2.75) is 31.5 Å². The Kier molecular flexibility index (Phi) is 5.62. The van der Waals surface area contributed by atoms with Crippen LogP contribution in [0.2, 0.25) is 0 Å². The van der Waals surface area contributed by atoms with Gasteiger partial charge in [-0.3, -0.25) is 4.79 Å². The van der Waals surface area contributed by atoms with E-state index in [-0.39, 0.29) is 24.0 Å². The summed E-state index contributed by atoms with van der Waals surface area (Å²) < 4.78 is 0. The number of para-hydroxylation sites is 1. The second-order valence-corrected chi connectivity index (χ2v) is 7.86. The van der Waals surface area contributed by atoms with Crippen LogP contribution in [0, 0.1) is 12.8 Å². The first-order valence-corrected chi connectivity index (χ1v) is 10.0. The Morgan fingerprint density at radius 3 is 2.68 bits per heavy atom. The van der Waals surface area contributed by atoms with Crippen molar-refractivity contribution in [3.8, 4) is 0 Å². The maximum Gasteiger partial charge on any atom is 0.239 e. The third-order valence-corrected chi connectivity index (χ3v) is 5.93. The molecule has 5 N–H and O–H groups in total. The maximum absolute atomic E-state index is 12.9. The van der Waals surface area contributed by atoms with Gasteiger partial charge in [0, 0.05) is 31.2 Å². The lowest BCUT2D eigenvalue weighted by molar-refractivity contribution is -0.123. The van der Waals surface area contributed by atoms with Gasteiger partial charge in [-0.25, -0.2) is 10.9 Å². The van der Waals surface area contributed by atoms with Gasteiger partial charge in [-0.1, -0.05) is 48.5 Å². The first kappa shape index (κ1) is 18.9. The standard InChI is InChI=1S/C22H29N5O/c1-15-7-5-6-10-18(15)27-12-11-16(14-27)13-24-22(28)20-19(21(23)26-25-20)17-8-3-2-4-9-17/h2-10,16,19-21,25-26H,11-14,23H2,1H3,(H,24,28). The topological polar surface area (TPSA) is 82.4 Å². The van der Waals surface area contributed by atoms with E-state index in [1.54, 1.807) is 0 Å². The van der Waals surface area contributed by atoms with E-state index in [4.69, 9.17) is 5.73 Å². The molecule has 2 heterocycles. The largest absolute Gasteiger partial charge is 0.371 e. The number of amides is 1. The van der Waals surface area contributed by atoms with Crippen LogP contribution < -0.4 is 26.8 Å². The highest BCUT2D eigenvalue weighted by Crippen LogP contribution is 2.27. The Bertz CT molecular complexity index is 812. The van der Waals surface area contributed by atoms with Crippen LogP contribution in [0.3, 0.4) is 0 Å². The summed E-state index contributed by atoms with van der Waals surface area (Å²) in [7, 11) is 0. The molecule has 0 spiro atoms. The second-order valence-electron chi connectivity index (χ2n) is 7.86. The molecule has 2 aliphatic heterocycles. The second kappa shape index (κ2) is 8.31. The van der Waals surface area contributed by atoms with Gasteiger partial charge in [0.2, 0.25) is 5.91 Å². The lowest BCUT2D eigenvalue weighted by atomic mass is 9.90. The van der Waals surface area contributed by atoms with Gasteiger partial charge >= 0.3 is 0 Å². The molecule has 2 fully saturated rings. The van der Waals surface area contributed by atoms with E-state index in [0.29, 0.717) is 12.5 Å². The summed E-state index contributed by atoms with van der Waals surface area (Å²) in [4.78, 5) is 15.3. The molecular weight excluding hydrogens is 350 g/mol. The quantitative estimate of drug-likeness (QED) is 0.633. The molecule has 4 rings (SSSR count). The minimum absolute atomic E-state index is 0.00337. The summed E-state index contributed by atoms with van der Waals surface area (Å²) in [6.07, 6.45) is 0.799. The van der Waals surface area contributed by atoms with Crippen molar-refractivity contribution in [2.24, 2.45) is 11.7 Å². The van der Waals surface area contributed by atoms with E-state index in [2.05, 4.69) is 52.3 Å². The molecule has 0 aromatic heterocycles. The zero-order valence-electron chi connectivity index (χ0n) is 16.3. The first-order valence-electron chi connectivity index (χ1n) is 10.0. The molecule has 2 aromatic rings. The Balaban J connectivity index is 1.34. The highest BCUT2D eigenvalue weighted by atomic mass is 16.2. The SMILES string of the molecule is Cc1ccccc1N1CCC(CNC(=O)C2NNC(N)C2c2ccccc2)C1. The van der Waals surface area contributed by atoms with Gasteiger partial charge in [-0.15, -0.1) is 0 Å². The number of aryl methyl sites for hydroxylation is 1. The van der Waals surface area contributed by atoms with Crippen molar-refractivity contribution in [1.29, 1.82) is 0 Å². The third kappa shape index (κ3) is 3.90. The normalized spacial score (nSPS) is 27.1. The van der Waals surface area contributed by atoms with Crippen molar-refractivity contribution in [3.63, 3.8) is 0 Å². The lowest BCUT2D eigenvalue weighted by Gasteiger charge is -2.22. The number of hydrogen-bond acceptors (Lipinski definition) is 5. The van der Waals surface area contributed by atoms with E-state index in [1.165, 1.54) is 11.3 Å². The molecule has 4 unspecified atom stereocenters. The number of nitrogens with one attached hydrogen (secondary N) is 3. The molecule has 2 saturated heterocycles. The number of carbonyl (C=O) groups excluding carboxylic acids is 1. The van der Waals surface area contributed by atoms with Crippen LogP contribution in [0.4, 0.5) is 5.69 Å². The Labute approximate surface area is 166 Å². The van der Waals surface area contributed by atoms with Crippen molar-refractivity contribution in [3.05, 3.63) is 65.7 Å². The van der Waals surface area contributed by atoms with E-state index in [0.717, 1.165) is 25.1 Å². The molecule has 0 bridgehead atoms. The van der Waals surface area contributed by atoms with Gasteiger partial charge in [0.25, 0.3) is 0 Å². The molecular formula is C22H29N5O. The molecule has 6 heteroatoms. The fraction of sp³-hybridized carbons (Fsp3) is 0.409. The maximum atomic E-state index is 12.9. The van der Waals surface area contributed by atoms with Gasteiger partial charge in [0.15, 0.2) is 0 Å². The van der Waals surface area contributed by atoms with Crippen LogP contribution >= 0.6 is 0 Å². The third-order valence-electron chi connectivity index (χ3n) is 5.93. The number of anilines is 1. The smallest absolute Gasteiger partial charge is 0.239 e. The molecule has 2 aromatic carbocycles. The van der Waals surface area contributed by atoms with Crippen LogP contribution in [-0.4, -0.2) is 37.7 Å². The molecule has 4 atom stereocenters. The summed E-state index contributed by atoms with van der Waals surface area (Å²) >= 11 is 0. The minimum atomic E-state index is -0.369. The predicted molar refractivity (Wildman–Crippen MR) is 112 cm³/mol. The number of nitrogens with two attached hydrogens (primary N) is 1. The van der Waals surface area contributed by atoms with Gasteiger partial charge in [-0.05, 0) is 36.5 Å². The van der Waals surface area contributed by atoms with Gasteiger partial charge in [0.1, 0.15) is 6.04 Å². The highest BCUT2D eigenvalue weighted by Gasteiger charge is 2.39. The Morgan fingerprint density at radius 2 is 1.89 bits per heavy atom. The fourth-order valence-corrected chi connectivity index (χ4v) is 4.37. The molecule has 2 aliphatic rings. The van der Waals surface area contributed by atoms with E-state index in [1.807, 2.05) is 30.3 Å². The molecule has 1 amide bonds. The van der Waals surface area contributed by atoms with E-state index >= 15 is 0 Å². The number of hydrazine groups is 1. The van der Waals surface area contributed by atoms with Crippen molar-refractivity contribution < 1.29 is 4.79 Å². The van der Waals surface area contributed by atoms with Gasteiger partial charge in [-0.2, -0.15) is 0 Å². The predicted octanol–water partition coefficient (Wildman–Crippen LogP) is 1.48. The van der Waals surface area contributed by atoms with Crippen molar-refractivity contribution in [2.75, 3.05) is 24.5 Å². The summed E-state index contributed by atoms with van der Waals surface area (Å²) in [6, 6.07) is 18.1. The van der Waals surface area contributed by atoms with Crippen LogP contribution in [-0.2, 0) is 4.79 Å². The van der Waals surface area contributed by atoms with Crippen LogP contribution in [0.1, 0.15) is 23.5 Å². The number of carbonyl (C=O) groups is 1. The Morgan fingerprint density at radius 1 is 1.14 bits per heavy atom. The first-order chi connectivity index (χ1) is 13.6. The van der Waals surface area contributed by atoms with E-state index < -0.39 is 0 Å². The minimum Gasteiger partial charge on any atom is -0.371 e. The summed E-state index contributed by atoms with van der Waals surface area (Å²) in [6.45, 7) is 4.85. The van der Waals surface area contributed by atoms with Gasteiger partial charge < -0.3 is 16.0 Å². The Hall–Kier alpha value is -2.41.